The Balaban J connectivity index is 1.99. The van der Waals surface area contributed by atoms with E-state index in [1.54, 1.807) is 7.11 Å². The van der Waals surface area contributed by atoms with E-state index in [4.69, 9.17) is 19.7 Å². The van der Waals surface area contributed by atoms with Crippen LogP contribution < -0.4 is 10.5 Å². The summed E-state index contributed by atoms with van der Waals surface area (Å²) in [6, 6.07) is 7.36. The van der Waals surface area contributed by atoms with Crippen molar-refractivity contribution in [2.75, 3.05) is 20.3 Å². The molecule has 1 heterocycles. The van der Waals surface area contributed by atoms with Gasteiger partial charge < -0.3 is 19.7 Å². The number of benzene rings is 1. The molecule has 0 fully saturated rings. The Kier molecular flexibility index (Phi) is 5.71. The first-order valence-electron chi connectivity index (χ1n) is 7.02. The van der Waals surface area contributed by atoms with E-state index in [9.17, 15) is 0 Å². The molecule has 0 saturated heterocycles. The van der Waals surface area contributed by atoms with Crippen molar-refractivity contribution in [3.63, 3.8) is 0 Å². The minimum absolute atomic E-state index is 0.369. The van der Waals surface area contributed by atoms with E-state index < -0.39 is 0 Å². The van der Waals surface area contributed by atoms with E-state index in [1.807, 2.05) is 31.2 Å². The van der Waals surface area contributed by atoms with Gasteiger partial charge >= 0.3 is 0 Å². The van der Waals surface area contributed by atoms with Crippen molar-refractivity contribution in [1.82, 2.24) is 10.1 Å². The zero-order chi connectivity index (χ0) is 15.1. The highest BCUT2D eigenvalue weighted by atomic mass is 16.5. The normalized spacial score (nSPS) is 12.3. The van der Waals surface area contributed by atoms with Crippen LogP contribution in [0.2, 0.25) is 0 Å². The lowest BCUT2D eigenvalue weighted by molar-refractivity contribution is 0.119. The van der Waals surface area contributed by atoms with Crippen molar-refractivity contribution in [2.24, 2.45) is 5.73 Å². The number of hydrogen-bond acceptors (Lipinski definition) is 6. The topological polar surface area (TPSA) is 83.4 Å². The SMILES string of the molecule is CCCOCC(N)c1noc(Cc2ccccc2OC)n1. The fourth-order valence-corrected chi connectivity index (χ4v) is 1.93. The second-order valence-electron chi connectivity index (χ2n) is 4.72. The van der Waals surface area contributed by atoms with Crippen LogP contribution in [0.5, 0.6) is 5.75 Å². The van der Waals surface area contributed by atoms with Crippen molar-refractivity contribution in [3.05, 3.63) is 41.5 Å². The summed E-state index contributed by atoms with van der Waals surface area (Å²) < 4.78 is 15.9. The van der Waals surface area contributed by atoms with Crippen molar-refractivity contribution in [1.29, 1.82) is 0 Å². The number of methoxy groups -OCH3 is 1. The number of rotatable bonds is 8. The molecule has 1 unspecified atom stereocenters. The number of aromatic nitrogens is 2. The minimum atomic E-state index is -0.369. The molecule has 1 aromatic carbocycles. The zero-order valence-corrected chi connectivity index (χ0v) is 12.4. The first kappa shape index (κ1) is 15.5. The zero-order valence-electron chi connectivity index (χ0n) is 12.4. The average Bonchev–Trinajstić information content (AvgIpc) is 2.96. The van der Waals surface area contributed by atoms with Crippen LogP contribution in [0.1, 0.15) is 36.7 Å². The van der Waals surface area contributed by atoms with Crippen LogP contribution in [0, 0.1) is 0 Å². The van der Waals surface area contributed by atoms with Crippen molar-refractivity contribution in [3.8, 4) is 5.75 Å². The highest BCUT2D eigenvalue weighted by molar-refractivity contribution is 5.34. The molecule has 1 atom stereocenters. The van der Waals surface area contributed by atoms with Gasteiger partial charge in [0.2, 0.25) is 5.89 Å². The quantitative estimate of drug-likeness (QED) is 0.750. The number of nitrogens with zero attached hydrogens (tertiary/aromatic N) is 2. The van der Waals surface area contributed by atoms with Gasteiger partial charge in [-0.3, -0.25) is 0 Å². The van der Waals surface area contributed by atoms with Gasteiger partial charge in [0.25, 0.3) is 0 Å². The molecule has 6 nitrogen and oxygen atoms in total. The third-order valence-electron chi connectivity index (χ3n) is 3.00. The van der Waals surface area contributed by atoms with Crippen LogP contribution in [-0.2, 0) is 11.2 Å². The minimum Gasteiger partial charge on any atom is -0.496 e. The Morgan fingerprint density at radius 2 is 2.14 bits per heavy atom. The predicted molar refractivity (Wildman–Crippen MR) is 78.1 cm³/mol. The molecule has 2 N–H and O–H groups in total. The summed E-state index contributed by atoms with van der Waals surface area (Å²) in [4.78, 5) is 4.32. The molecule has 1 aromatic heterocycles. The molecule has 0 saturated carbocycles. The molecule has 0 bridgehead atoms. The van der Waals surface area contributed by atoms with Gasteiger partial charge in [0.05, 0.1) is 26.2 Å². The molecule has 0 aliphatic heterocycles. The van der Waals surface area contributed by atoms with Gasteiger partial charge in [0.1, 0.15) is 5.75 Å². The summed E-state index contributed by atoms with van der Waals surface area (Å²) in [5.74, 6) is 1.78. The molecule has 0 spiro atoms. The first-order chi connectivity index (χ1) is 10.2. The molecule has 2 aromatic rings. The summed E-state index contributed by atoms with van der Waals surface area (Å²) in [5.41, 5.74) is 6.96. The maximum atomic E-state index is 5.96. The van der Waals surface area contributed by atoms with Crippen LogP contribution in [0.3, 0.4) is 0 Å². The monoisotopic (exact) mass is 291 g/mol. The van der Waals surface area contributed by atoms with E-state index in [2.05, 4.69) is 10.1 Å². The number of nitrogens with two attached hydrogens (primary N) is 1. The molecular weight excluding hydrogens is 270 g/mol. The van der Waals surface area contributed by atoms with Crippen LogP contribution >= 0.6 is 0 Å². The Morgan fingerprint density at radius 3 is 2.90 bits per heavy atom. The summed E-state index contributed by atoms with van der Waals surface area (Å²) in [6.07, 6.45) is 1.47. The lowest BCUT2D eigenvalue weighted by atomic mass is 10.1. The van der Waals surface area contributed by atoms with Gasteiger partial charge in [-0.15, -0.1) is 0 Å². The molecular formula is C15H21N3O3. The maximum Gasteiger partial charge on any atom is 0.231 e. The fourth-order valence-electron chi connectivity index (χ4n) is 1.93. The maximum absolute atomic E-state index is 5.96. The van der Waals surface area contributed by atoms with Gasteiger partial charge in [-0.25, -0.2) is 0 Å². The molecule has 21 heavy (non-hydrogen) atoms. The van der Waals surface area contributed by atoms with Crippen molar-refractivity contribution in [2.45, 2.75) is 25.8 Å². The number of para-hydroxylation sites is 1. The van der Waals surface area contributed by atoms with E-state index >= 15 is 0 Å². The lowest BCUT2D eigenvalue weighted by Gasteiger charge is -2.07. The van der Waals surface area contributed by atoms with Gasteiger partial charge in [-0.05, 0) is 12.5 Å². The van der Waals surface area contributed by atoms with E-state index in [0.29, 0.717) is 31.3 Å². The molecule has 0 radical (unpaired) electrons. The van der Waals surface area contributed by atoms with Gasteiger partial charge in [-0.2, -0.15) is 4.98 Å². The van der Waals surface area contributed by atoms with Crippen molar-refractivity contribution < 1.29 is 14.0 Å². The molecule has 2 rings (SSSR count). The highest BCUT2D eigenvalue weighted by Gasteiger charge is 2.15. The Labute approximate surface area is 124 Å². The van der Waals surface area contributed by atoms with E-state index in [1.165, 1.54) is 0 Å². The Hall–Kier alpha value is -1.92. The van der Waals surface area contributed by atoms with Crippen LogP contribution in [0.15, 0.2) is 28.8 Å². The summed E-state index contributed by atoms with van der Waals surface area (Å²) in [5, 5.41) is 3.91. The largest absolute Gasteiger partial charge is 0.496 e. The van der Waals surface area contributed by atoms with Gasteiger partial charge in [0, 0.05) is 12.2 Å². The lowest BCUT2D eigenvalue weighted by Crippen LogP contribution is -2.18. The smallest absolute Gasteiger partial charge is 0.231 e. The molecule has 114 valence electrons. The van der Waals surface area contributed by atoms with E-state index in [-0.39, 0.29) is 6.04 Å². The summed E-state index contributed by atoms with van der Waals surface area (Å²) in [7, 11) is 1.64. The summed E-state index contributed by atoms with van der Waals surface area (Å²) in [6.45, 7) is 3.12. The Morgan fingerprint density at radius 1 is 1.33 bits per heavy atom. The highest BCUT2D eigenvalue weighted by Crippen LogP contribution is 2.20. The van der Waals surface area contributed by atoms with Crippen LogP contribution in [0.25, 0.3) is 0 Å². The fraction of sp³-hybridized carbons (Fsp3) is 0.467. The average molecular weight is 291 g/mol. The number of ether oxygens (including phenoxy) is 2. The Bertz CT molecular complexity index is 557. The second kappa shape index (κ2) is 7.75. The third kappa shape index (κ3) is 4.27. The van der Waals surface area contributed by atoms with E-state index in [0.717, 1.165) is 17.7 Å². The first-order valence-corrected chi connectivity index (χ1v) is 7.02. The molecule has 0 amide bonds. The van der Waals surface area contributed by atoms with Gasteiger partial charge in [-0.1, -0.05) is 30.3 Å². The standard InChI is InChI=1S/C15H21N3O3/c1-3-8-20-10-12(16)15-17-14(21-18-15)9-11-6-4-5-7-13(11)19-2/h4-7,12H,3,8-10,16H2,1-2H3. The predicted octanol–water partition coefficient (Wildman–Crippen LogP) is 2.10. The number of hydrogen-bond donors (Lipinski definition) is 1. The van der Waals surface area contributed by atoms with Crippen LogP contribution in [-0.4, -0.2) is 30.5 Å². The second-order valence-corrected chi connectivity index (χ2v) is 4.72. The third-order valence-corrected chi connectivity index (χ3v) is 3.00. The molecule has 6 heteroatoms. The molecule has 0 aliphatic rings. The molecule has 0 aliphatic carbocycles. The van der Waals surface area contributed by atoms with Crippen LogP contribution in [0.4, 0.5) is 0 Å². The van der Waals surface area contributed by atoms with Crippen molar-refractivity contribution >= 4 is 0 Å². The van der Waals surface area contributed by atoms with Gasteiger partial charge in [0.15, 0.2) is 5.82 Å². The summed E-state index contributed by atoms with van der Waals surface area (Å²) >= 11 is 0.